The number of ketones is 2. The molecular formula is C21H15N3O3. The molecule has 0 amide bonds. The molecule has 1 aliphatic carbocycles. The molecule has 0 spiro atoms. The van der Waals surface area contributed by atoms with Gasteiger partial charge in [-0.25, -0.2) is 4.68 Å². The lowest BCUT2D eigenvalue weighted by molar-refractivity contribution is 0.0803. The van der Waals surface area contributed by atoms with E-state index < -0.39 is 0 Å². The molecule has 0 bridgehead atoms. The van der Waals surface area contributed by atoms with Gasteiger partial charge in [-0.1, -0.05) is 59.8 Å². The lowest BCUT2D eigenvalue weighted by atomic mass is 9.87. The summed E-state index contributed by atoms with van der Waals surface area (Å²) in [5.74, 6) is -0.153. The van der Waals surface area contributed by atoms with Crippen molar-refractivity contribution in [1.29, 1.82) is 0 Å². The fourth-order valence-corrected chi connectivity index (χ4v) is 3.67. The number of allylic oxidation sites excluding steroid dienone is 1. The molecule has 2 aliphatic rings. The highest BCUT2D eigenvalue weighted by Gasteiger charge is 2.40. The van der Waals surface area contributed by atoms with E-state index in [2.05, 4.69) is 10.3 Å². The summed E-state index contributed by atoms with van der Waals surface area (Å²) in [5, 5.41) is 8.15. The van der Waals surface area contributed by atoms with Crippen LogP contribution in [0.4, 0.5) is 0 Å². The molecule has 6 nitrogen and oxygen atoms in total. The van der Waals surface area contributed by atoms with Crippen molar-refractivity contribution in [2.24, 2.45) is 0 Å². The topological polar surface area (TPSA) is 74.1 Å². The van der Waals surface area contributed by atoms with Crippen LogP contribution in [0.2, 0.25) is 0 Å². The largest absolute Gasteiger partial charge is 0.484 e. The number of ether oxygens (including phenoxy) is 1. The smallest absolute Gasteiger partial charge is 0.228 e. The summed E-state index contributed by atoms with van der Waals surface area (Å²) in [6.07, 6.45) is 1.76. The Kier molecular flexibility index (Phi) is 3.50. The predicted molar refractivity (Wildman–Crippen MR) is 97.1 cm³/mol. The monoisotopic (exact) mass is 357 g/mol. The quantitative estimate of drug-likeness (QED) is 0.720. The normalized spacial score (nSPS) is 18.3. The van der Waals surface area contributed by atoms with Crippen LogP contribution in [-0.2, 0) is 11.3 Å². The van der Waals surface area contributed by atoms with Gasteiger partial charge in [-0.2, -0.15) is 0 Å². The summed E-state index contributed by atoms with van der Waals surface area (Å²) in [7, 11) is 0. The van der Waals surface area contributed by atoms with Crippen molar-refractivity contribution in [3.8, 4) is 11.3 Å². The zero-order valence-electron chi connectivity index (χ0n) is 14.3. The highest BCUT2D eigenvalue weighted by Crippen LogP contribution is 2.36. The second kappa shape index (κ2) is 6.02. The average molecular weight is 357 g/mol. The van der Waals surface area contributed by atoms with Gasteiger partial charge in [0.1, 0.15) is 6.10 Å². The molecule has 3 aromatic rings. The molecule has 0 saturated carbocycles. The van der Waals surface area contributed by atoms with Crippen molar-refractivity contribution in [2.45, 2.75) is 19.1 Å². The molecule has 27 heavy (non-hydrogen) atoms. The van der Waals surface area contributed by atoms with E-state index in [0.29, 0.717) is 29.7 Å². The highest BCUT2D eigenvalue weighted by atomic mass is 16.5. The number of carbonyl (C=O) groups is 2. The van der Waals surface area contributed by atoms with Gasteiger partial charge in [0.15, 0.2) is 11.5 Å². The Hall–Kier alpha value is -3.54. The minimum atomic E-state index is -0.332. The summed E-state index contributed by atoms with van der Waals surface area (Å²) in [6, 6.07) is 16.7. The molecule has 2 aromatic carbocycles. The van der Waals surface area contributed by atoms with Gasteiger partial charge in [0, 0.05) is 28.7 Å². The predicted octanol–water partition coefficient (Wildman–Crippen LogP) is 3.07. The Morgan fingerprint density at radius 2 is 1.67 bits per heavy atom. The molecule has 1 aliphatic heterocycles. The number of benzene rings is 2. The van der Waals surface area contributed by atoms with E-state index in [0.717, 1.165) is 11.3 Å². The van der Waals surface area contributed by atoms with E-state index in [1.807, 2.05) is 30.3 Å². The lowest BCUT2D eigenvalue weighted by Gasteiger charge is -2.15. The van der Waals surface area contributed by atoms with Crippen LogP contribution in [0.15, 0.2) is 72.1 Å². The number of hydrogen-bond acceptors (Lipinski definition) is 5. The van der Waals surface area contributed by atoms with Gasteiger partial charge in [0.05, 0.1) is 18.4 Å². The highest BCUT2D eigenvalue weighted by molar-refractivity contribution is 6.26. The zero-order chi connectivity index (χ0) is 18.4. The first kappa shape index (κ1) is 15.7. The van der Waals surface area contributed by atoms with Crippen LogP contribution in [-0.4, -0.2) is 32.7 Å². The Labute approximate surface area is 155 Å². The Balaban J connectivity index is 1.41. The van der Waals surface area contributed by atoms with E-state index in [4.69, 9.17) is 4.74 Å². The fraction of sp³-hybridized carbons (Fsp3) is 0.143. The molecule has 5 rings (SSSR count). The van der Waals surface area contributed by atoms with Gasteiger partial charge in [-0.05, 0) is 0 Å². The number of fused-ring (bicyclic) bond motifs is 1. The van der Waals surface area contributed by atoms with Crippen molar-refractivity contribution in [3.63, 3.8) is 0 Å². The van der Waals surface area contributed by atoms with E-state index in [1.54, 1.807) is 35.1 Å². The maximum atomic E-state index is 12.8. The summed E-state index contributed by atoms with van der Waals surface area (Å²) in [6.45, 7) is 0.411. The molecule has 1 aromatic heterocycles. The first-order valence-corrected chi connectivity index (χ1v) is 8.74. The fourth-order valence-electron chi connectivity index (χ4n) is 3.67. The second-order valence-electron chi connectivity index (χ2n) is 6.62. The molecule has 132 valence electrons. The number of nitrogens with zero attached hydrogens (tertiary/aromatic N) is 3. The van der Waals surface area contributed by atoms with Crippen LogP contribution in [0.3, 0.4) is 0 Å². The van der Waals surface area contributed by atoms with E-state index in [1.165, 1.54) is 0 Å². The third-order valence-electron chi connectivity index (χ3n) is 4.95. The second-order valence-corrected chi connectivity index (χ2v) is 6.62. The van der Waals surface area contributed by atoms with Crippen molar-refractivity contribution >= 4 is 11.6 Å². The first-order valence-electron chi connectivity index (χ1n) is 8.74. The Morgan fingerprint density at radius 1 is 0.963 bits per heavy atom. The summed E-state index contributed by atoms with van der Waals surface area (Å²) in [5.41, 5.74) is 3.19. The van der Waals surface area contributed by atoms with Crippen LogP contribution in [0.1, 0.15) is 27.1 Å². The van der Waals surface area contributed by atoms with Crippen LogP contribution in [0, 0.1) is 0 Å². The number of carbonyl (C=O) groups excluding carboxylic acids is 2. The minimum Gasteiger partial charge on any atom is -0.484 e. The molecule has 1 atom stereocenters. The molecule has 0 saturated heterocycles. The maximum Gasteiger partial charge on any atom is 0.228 e. The van der Waals surface area contributed by atoms with Crippen molar-refractivity contribution in [2.75, 3.05) is 0 Å². The van der Waals surface area contributed by atoms with Crippen LogP contribution in [0.5, 0.6) is 0 Å². The number of aromatic nitrogens is 3. The minimum absolute atomic E-state index is 0.121. The maximum absolute atomic E-state index is 12.8. The summed E-state index contributed by atoms with van der Waals surface area (Å²) >= 11 is 0. The third kappa shape index (κ3) is 2.49. The van der Waals surface area contributed by atoms with Crippen LogP contribution in [0.25, 0.3) is 11.3 Å². The molecule has 0 N–H and O–H groups in total. The van der Waals surface area contributed by atoms with Gasteiger partial charge in [-0.15, -0.1) is 5.10 Å². The SMILES string of the molecule is O=C1C2=C(OC(Cn3nncc3-c3ccccc3)C2)C(=O)c2ccccc21. The van der Waals surface area contributed by atoms with E-state index in [9.17, 15) is 9.59 Å². The molecule has 0 fully saturated rings. The number of hydrogen-bond donors (Lipinski definition) is 0. The van der Waals surface area contributed by atoms with Gasteiger partial charge in [-0.3, -0.25) is 9.59 Å². The molecule has 1 unspecified atom stereocenters. The molecular weight excluding hydrogens is 342 g/mol. The summed E-state index contributed by atoms with van der Waals surface area (Å²) < 4.78 is 7.64. The Morgan fingerprint density at radius 3 is 2.44 bits per heavy atom. The van der Waals surface area contributed by atoms with Gasteiger partial charge >= 0.3 is 0 Å². The van der Waals surface area contributed by atoms with E-state index in [-0.39, 0.29) is 23.4 Å². The summed E-state index contributed by atoms with van der Waals surface area (Å²) in [4.78, 5) is 25.5. The molecule has 2 heterocycles. The third-order valence-corrected chi connectivity index (χ3v) is 4.95. The van der Waals surface area contributed by atoms with Crippen molar-refractivity contribution < 1.29 is 14.3 Å². The Bertz CT molecular complexity index is 1050. The van der Waals surface area contributed by atoms with Crippen molar-refractivity contribution in [3.05, 3.63) is 83.3 Å². The number of rotatable bonds is 3. The zero-order valence-corrected chi connectivity index (χ0v) is 14.3. The van der Waals surface area contributed by atoms with Crippen LogP contribution < -0.4 is 0 Å². The average Bonchev–Trinajstić information content (AvgIpc) is 3.34. The number of Topliss-reactive ketones (excluding diaryl/α,β-unsaturated/α-hetero) is 2. The standard InChI is InChI=1S/C21H15N3O3/c25-19-15-8-4-5-9-16(15)20(26)21-17(19)10-14(27-21)12-24-18(11-22-23-24)13-6-2-1-3-7-13/h1-9,11,14H,10,12H2. The molecule has 0 radical (unpaired) electrons. The lowest BCUT2D eigenvalue weighted by Crippen LogP contribution is -2.20. The van der Waals surface area contributed by atoms with Gasteiger partial charge in [0.25, 0.3) is 0 Å². The first-order chi connectivity index (χ1) is 13.2. The van der Waals surface area contributed by atoms with Crippen molar-refractivity contribution in [1.82, 2.24) is 15.0 Å². The van der Waals surface area contributed by atoms with E-state index >= 15 is 0 Å². The van der Waals surface area contributed by atoms with Gasteiger partial charge < -0.3 is 4.74 Å². The van der Waals surface area contributed by atoms with Gasteiger partial charge in [0.2, 0.25) is 5.78 Å². The van der Waals surface area contributed by atoms with Crippen LogP contribution >= 0.6 is 0 Å². The molecule has 6 heteroatoms.